The van der Waals surface area contributed by atoms with E-state index in [2.05, 4.69) is 16.6 Å². The van der Waals surface area contributed by atoms with Crippen LogP contribution in [0, 0.1) is 0 Å². The number of rotatable bonds is 7. The molecule has 0 radical (unpaired) electrons. The Balaban J connectivity index is 1.55. The smallest absolute Gasteiger partial charge is 0.272 e. The highest BCUT2D eigenvalue weighted by Gasteiger charge is 2.33. The van der Waals surface area contributed by atoms with Crippen LogP contribution in [0.3, 0.4) is 0 Å². The van der Waals surface area contributed by atoms with Crippen molar-refractivity contribution in [3.8, 4) is 0 Å². The van der Waals surface area contributed by atoms with Gasteiger partial charge in [0, 0.05) is 28.6 Å². The summed E-state index contributed by atoms with van der Waals surface area (Å²) in [5.41, 5.74) is 4.52. The van der Waals surface area contributed by atoms with E-state index in [1.165, 1.54) is 0 Å². The summed E-state index contributed by atoms with van der Waals surface area (Å²) < 4.78 is 0. The molecule has 0 saturated heterocycles. The average Bonchev–Trinajstić information content (AvgIpc) is 3.30. The summed E-state index contributed by atoms with van der Waals surface area (Å²) in [4.78, 5) is 36.8. The van der Waals surface area contributed by atoms with Gasteiger partial charge in [0.2, 0.25) is 6.17 Å². The Morgan fingerprint density at radius 1 is 1.03 bits per heavy atom. The zero-order valence-electron chi connectivity index (χ0n) is 19.4. The van der Waals surface area contributed by atoms with Crippen molar-refractivity contribution in [2.75, 3.05) is 23.5 Å². The van der Waals surface area contributed by atoms with Crippen molar-refractivity contribution in [1.29, 1.82) is 0 Å². The molecule has 0 spiro atoms. The van der Waals surface area contributed by atoms with Gasteiger partial charge in [0.05, 0.1) is 11.4 Å². The second-order valence-electron chi connectivity index (χ2n) is 8.34. The van der Waals surface area contributed by atoms with Crippen LogP contribution in [0.15, 0.2) is 89.9 Å². The molecule has 1 atom stereocenters. The highest BCUT2D eigenvalue weighted by Crippen LogP contribution is 2.28. The molecule has 4 aromatic rings. The first-order valence-electron chi connectivity index (χ1n) is 11.6. The monoisotopic (exact) mass is 482 g/mol. The van der Waals surface area contributed by atoms with Crippen molar-refractivity contribution in [3.05, 3.63) is 102 Å². The molecule has 5 rings (SSSR count). The average molecular weight is 483 g/mol. The number of aromatic amines is 1. The van der Waals surface area contributed by atoms with Crippen LogP contribution >= 0.6 is 11.8 Å². The molecule has 1 aromatic heterocycles. The van der Waals surface area contributed by atoms with Gasteiger partial charge in [-0.2, -0.15) is 11.8 Å². The highest BCUT2D eigenvalue weighted by atomic mass is 32.2. The lowest BCUT2D eigenvalue weighted by Crippen LogP contribution is -2.47. The fourth-order valence-electron chi connectivity index (χ4n) is 4.34. The molecule has 2 amide bonds. The Bertz CT molecular complexity index is 1360. The molecule has 1 aliphatic heterocycles. The van der Waals surface area contributed by atoms with E-state index in [4.69, 9.17) is 4.99 Å². The van der Waals surface area contributed by atoms with E-state index in [0.29, 0.717) is 18.0 Å². The number of fused-ring (bicyclic) bond motifs is 2. The molecule has 176 valence electrons. The van der Waals surface area contributed by atoms with Gasteiger partial charge in [-0.1, -0.05) is 66.7 Å². The van der Waals surface area contributed by atoms with Crippen LogP contribution < -0.4 is 10.2 Å². The zero-order valence-corrected chi connectivity index (χ0v) is 20.2. The quantitative estimate of drug-likeness (QED) is 0.369. The second-order valence-corrected chi connectivity index (χ2v) is 9.33. The zero-order chi connectivity index (χ0) is 24.2. The Labute approximate surface area is 208 Å². The van der Waals surface area contributed by atoms with Gasteiger partial charge in [-0.15, -0.1) is 0 Å². The molecule has 0 fully saturated rings. The largest absolute Gasteiger partial charge is 0.351 e. The summed E-state index contributed by atoms with van der Waals surface area (Å²) in [5.74, 6) is 0.324. The minimum absolute atomic E-state index is 0.242. The molecule has 1 aliphatic rings. The third-order valence-corrected chi connectivity index (χ3v) is 6.72. The number of amides is 2. The first-order valence-corrected chi connectivity index (χ1v) is 13.0. The van der Waals surface area contributed by atoms with Crippen LogP contribution in [0.25, 0.3) is 10.9 Å². The number of hydrogen-bond acceptors (Lipinski definition) is 4. The van der Waals surface area contributed by atoms with Gasteiger partial charge in [0.15, 0.2) is 0 Å². The van der Waals surface area contributed by atoms with E-state index < -0.39 is 6.17 Å². The molecular weight excluding hydrogens is 456 g/mol. The van der Waals surface area contributed by atoms with Gasteiger partial charge in [0.1, 0.15) is 5.69 Å². The number of benzene rings is 3. The highest BCUT2D eigenvalue weighted by molar-refractivity contribution is 7.98. The number of hydrogen-bond donors (Lipinski definition) is 2. The summed E-state index contributed by atoms with van der Waals surface area (Å²) in [6.45, 7) is 0.549. The van der Waals surface area contributed by atoms with Crippen molar-refractivity contribution in [3.63, 3.8) is 0 Å². The maximum atomic E-state index is 13.8. The Morgan fingerprint density at radius 3 is 2.57 bits per heavy atom. The fraction of sp³-hybridized carbons (Fsp3) is 0.179. The minimum Gasteiger partial charge on any atom is -0.351 e. The number of para-hydroxylation sites is 2. The third-order valence-electron chi connectivity index (χ3n) is 6.03. The summed E-state index contributed by atoms with van der Waals surface area (Å²) in [5, 5.41) is 3.82. The number of anilines is 1. The normalized spacial score (nSPS) is 15.5. The van der Waals surface area contributed by atoms with E-state index >= 15 is 0 Å². The molecular formula is C28H26N4O2S. The second kappa shape index (κ2) is 10.2. The maximum Gasteiger partial charge on any atom is 0.272 e. The molecule has 0 bridgehead atoms. The topological polar surface area (TPSA) is 77.6 Å². The first kappa shape index (κ1) is 22.9. The lowest BCUT2D eigenvalue weighted by molar-refractivity contribution is -0.120. The van der Waals surface area contributed by atoms with Crippen molar-refractivity contribution in [2.45, 2.75) is 12.6 Å². The summed E-state index contributed by atoms with van der Waals surface area (Å²) in [6, 6.07) is 27.1. The summed E-state index contributed by atoms with van der Waals surface area (Å²) >= 11 is 1.75. The molecule has 7 heteroatoms. The van der Waals surface area contributed by atoms with E-state index in [1.807, 2.05) is 78.9 Å². The summed E-state index contributed by atoms with van der Waals surface area (Å²) in [6.07, 6.45) is 1.84. The van der Waals surface area contributed by atoms with E-state index in [9.17, 15) is 9.59 Å². The number of aromatic nitrogens is 1. The number of thioether (sulfide) groups is 1. The van der Waals surface area contributed by atoms with Crippen LogP contribution in [0.2, 0.25) is 0 Å². The maximum absolute atomic E-state index is 13.8. The number of nitrogens with zero attached hydrogens (tertiary/aromatic N) is 2. The lowest BCUT2D eigenvalue weighted by Gasteiger charge is -2.25. The van der Waals surface area contributed by atoms with Crippen molar-refractivity contribution >= 4 is 45.9 Å². The van der Waals surface area contributed by atoms with Crippen molar-refractivity contribution < 1.29 is 9.59 Å². The molecule has 1 unspecified atom stereocenters. The van der Waals surface area contributed by atoms with Crippen molar-refractivity contribution in [2.24, 2.45) is 4.99 Å². The summed E-state index contributed by atoms with van der Waals surface area (Å²) in [7, 11) is 0. The molecule has 6 nitrogen and oxygen atoms in total. The van der Waals surface area contributed by atoms with Gasteiger partial charge in [0.25, 0.3) is 11.8 Å². The number of carbonyl (C=O) groups is 2. The predicted octanol–water partition coefficient (Wildman–Crippen LogP) is 4.86. The SMILES string of the molecule is CSCCCN1C(=O)C(NC(=O)c2cc3ccccc3[nH]2)N=C(c2ccccc2)c2ccccc21. The van der Waals surface area contributed by atoms with Gasteiger partial charge in [-0.3, -0.25) is 9.59 Å². The van der Waals surface area contributed by atoms with E-state index in [1.54, 1.807) is 22.7 Å². The number of H-pyrrole nitrogens is 1. The fourth-order valence-corrected chi connectivity index (χ4v) is 4.76. The molecule has 35 heavy (non-hydrogen) atoms. The number of benzodiazepines with no additional fused rings is 1. The number of aliphatic imine (C=N–C) groups is 1. The number of carbonyl (C=O) groups excluding carboxylic acids is 2. The molecule has 0 aliphatic carbocycles. The minimum atomic E-state index is -1.05. The first-order chi connectivity index (χ1) is 17.2. The third kappa shape index (κ3) is 4.72. The van der Waals surface area contributed by atoms with Crippen molar-refractivity contribution in [1.82, 2.24) is 10.3 Å². The lowest BCUT2D eigenvalue weighted by atomic mass is 10.0. The Hall–Kier alpha value is -3.84. The Morgan fingerprint density at radius 2 is 1.77 bits per heavy atom. The van der Waals surface area contributed by atoms with Crippen LogP contribution in [0.1, 0.15) is 28.0 Å². The van der Waals surface area contributed by atoms with Gasteiger partial charge in [-0.05, 0) is 36.6 Å². The molecule has 2 heterocycles. The van der Waals surface area contributed by atoms with E-state index in [-0.39, 0.29) is 11.8 Å². The van der Waals surface area contributed by atoms with Gasteiger partial charge in [-0.25, -0.2) is 4.99 Å². The van der Waals surface area contributed by atoms with Crippen LogP contribution in [-0.2, 0) is 4.79 Å². The van der Waals surface area contributed by atoms with E-state index in [0.717, 1.165) is 39.9 Å². The molecule has 0 saturated carbocycles. The number of nitrogens with one attached hydrogen (secondary N) is 2. The van der Waals surface area contributed by atoms with Crippen LogP contribution in [-0.4, -0.2) is 47.2 Å². The van der Waals surface area contributed by atoms with Gasteiger partial charge >= 0.3 is 0 Å². The molecule has 2 N–H and O–H groups in total. The van der Waals surface area contributed by atoms with Crippen LogP contribution in [0.5, 0.6) is 0 Å². The van der Waals surface area contributed by atoms with Crippen LogP contribution in [0.4, 0.5) is 5.69 Å². The predicted molar refractivity (Wildman–Crippen MR) is 143 cm³/mol. The Kier molecular flexibility index (Phi) is 6.68. The standard InChI is InChI=1S/C28H26N4O2S/c1-35-17-9-16-32-24-15-8-6-13-21(24)25(19-10-3-2-4-11-19)30-26(28(32)34)31-27(33)23-18-20-12-5-7-14-22(20)29-23/h2-8,10-15,18,26,29H,9,16-17H2,1H3,(H,31,33). The van der Waals surface area contributed by atoms with Gasteiger partial charge < -0.3 is 15.2 Å². The molecule has 3 aromatic carbocycles.